The van der Waals surface area contributed by atoms with Gasteiger partial charge in [-0.15, -0.1) is 0 Å². The molecule has 1 aliphatic rings. The van der Waals surface area contributed by atoms with Crippen molar-refractivity contribution in [1.82, 2.24) is 20.1 Å². The maximum atomic E-state index is 14.6. The Balaban J connectivity index is 1.90. The Bertz CT molecular complexity index is 820. The molecule has 1 fully saturated rings. The molecule has 2 aromatic heterocycles. The van der Waals surface area contributed by atoms with Gasteiger partial charge in [-0.25, -0.2) is 18.2 Å². The third-order valence-electron chi connectivity index (χ3n) is 5.01. The first-order valence-corrected chi connectivity index (χ1v) is 9.67. The van der Waals surface area contributed by atoms with E-state index < -0.39 is 17.8 Å². The van der Waals surface area contributed by atoms with Gasteiger partial charge in [0.15, 0.2) is 11.6 Å². The van der Waals surface area contributed by atoms with Gasteiger partial charge in [-0.05, 0) is 72.0 Å². The van der Waals surface area contributed by atoms with Gasteiger partial charge in [-0.1, -0.05) is 0 Å². The minimum Gasteiger partial charge on any atom is -0.323 e. The molecule has 154 valence electrons. The molecule has 0 bridgehead atoms. The molecule has 3 rings (SSSR count). The predicted octanol–water partition coefficient (Wildman–Crippen LogP) is 4.70. The van der Waals surface area contributed by atoms with E-state index in [1.165, 1.54) is 0 Å². The van der Waals surface area contributed by atoms with Gasteiger partial charge < -0.3 is 10.6 Å². The molecule has 0 unspecified atom stereocenters. The molecule has 0 atom stereocenters. The monoisotopic (exact) mass is 395 g/mol. The molecule has 0 radical (unpaired) electrons. The van der Waals surface area contributed by atoms with Crippen LogP contribution in [0.4, 0.5) is 24.8 Å². The Kier molecular flexibility index (Phi) is 5.98. The molecular formula is C20H28F3N5. The van der Waals surface area contributed by atoms with Crippen LogP contribution in [0.15, 0.2) is 12.1 Å². The lowest BCUT2D eigenvalue weighted by atomic mass is 9.92. The van der Waals surface area contributed by atoms with E-state index in [9.17, 15) is 13.2 Å². The zero-order valence-electron chi connectivity index (χ0n) is 16.8. The number of hydrogen-bond donors (Lipinski definition) is 2. The lowest BCUT2D eigenvalue weighted by Gasteiger charge is -2.23. The normalized spacial score (nSPS) is 16.0. The molecule has 2 aromatic rings. The Labute approximate surface area is 163 Å². The topological polar surface area (TPSA) is 54.8 Å². The first-order chi connectivity index (χ1) is 13.1. The second kappa shape index (κ2) is 8.11. The van der Waals surface area contributed by atoms with Crippen molar-refractivity contribution < 1.29 is 13.2 Å². The third kappa shape index (κ3) is 4.66. The van der Waals surface area contributed by atoms with Crippen molar-refractivity contribution in [2.45, 2.75) is 58.9 Å². The highest BCUT2D eigenvalue weighted by atomic mass is 19.3. The summed E-state index contributed by atoms with van der Waals surface area (Å²) < 4.78 is 43.3. The molecule has 0 amide bonds. The molecule has 0 aliphatic carbocycles. The molecule has 5 nitrogen and oxygen atoms in total. The van der Waals surface area contributed by atoms with Crippen molar-refractivity contribution in [1.29, 1.82) is 0 Å². The maximum absolute atomic E-state index is 14.6. The number of anilines is 2. The Morgan fingerprint density at radius 2 is 1.89 bits per heavy atom. The van der Waals surface area contributed by atoms with Crippen LogP contribution < -0.4 is 10.6 Å². The highest BCUT2D eigenvalue weighted by Gasteiger charge is 2.24. The van der Waals surface area contributed by atoms with Crippen molar-refractivity contribution in [2.75, 3.05) is 18.4 Å². The summed E-state index contributed by atoms with van der Waals surface area (Å²) in [6.45, 7) is 9.72. The number of nitrogens with one attached hydrogen (secondary N) is 2. The molecule has 0 spiro atoms. The predicted molar refractivity (Wildman–Crippen MR) is 104 cm³/mol. The van der Waals surface area contributed by atoms with E-state index in [0.717, 1.165) is 37.7 Å². The maximum Gasteiger partial charge on any atom is 0.266 e. The number of pyridine rings is 1. The van der Waals surface area contributed by atoms with Crippen molar-refractivity contribution >= 4 is 11.6 Å². The van der Waals surface area contributed by atoms with E-state index in [-0.39, 0.29) is 23.0 Å². The van der Waals surface area contributed by atoms with Crippen LogP contribution in [0.25, 0.3) is 0 Å². The van der Waals surface area contributed by atoms with Crippen LogP contribution in [0.1, 0.15) is 57.0 Å². The SMILES string of the molecule is Cc1cc(Nc2cc(C(F)F)c(F)c(CC3CCNCC3)n2)nn1C(C)(C)C. The molecular weight excluding hydrogens is 367 g/mol. The Hall–Kier alpha value is -2.09. The van der Waals surface area contributed by atoms with Crippen LogP contribution in [-0.4, -0.2) is 27.9 Å². The molecule has 3 heterocycles. The summed E-state index contributed by atoms with van der Waals surface area (Å²) in [5.74, 6) is 0.0422. The fourth-order valence-corrected chi connectivity index (χ4v) is 3.67. The first-order valence-electron chi connectivity index (χ1n) is 9.67. The van der Waals surface area contributed by atoms with Crippen LogP contribution in [-0.2, 0) is 12.0 Å². The van der Waals surface area contributed by atoms with E-state index in [2.05, 4.69) is 20.7 Å². The highest BCUT2D eigenvalue weighted by molar-refractivity contribution is 5.54. The van der Waals surface area contributed by atoms with Crippen LogP contribution in [0.2, 0.25) is 0 Å². The smallest absolute Gasteiger partial charge is 0.266 e. The average molecular weight is 395 g/mol. The number of hydrogen-bond acceptors (Lipinski definition) is 4. The molecule has 1 saturated heterocycles. The lowest BCUT2D eigenvalue weighted by Crippen LogP contribution is -2.29. The quantitative estimate of drug-likeness (QED) is 0.770. The molecule has 0 aromatic carbocycles. The number of nitrogens with zero attached hydrogens (tertiary/aromatic N) is 3. The van der Waals surface area contributed by atoms with Crippen LogP contribution >= 0.6 is 0 Å². The summed E-state index contributed by atoms with van der Waals surface area (Å²) in [5.41, 5.74) is 0.197. The number of halogens is 3. The van der Waals surface area contributed by atoms with E-state index in [1.54, 1.807) is 0 Å². The molecule has 2 N–H and O–H groups in total. The standard InChI is InChI=1S/C20H28F3N5/c1-12-9-17(27-28(12)20(2,3)4)26-16-11-14(19(22)23)18(21)15(25-16)10-13-5-7-24-8-6-13/h9,11,13,19,24H,5-8,10H2,1-4H3,(H,25,26,27). The zero-order valence-corrected chi connectivity index (χ0v) is 16.8. The summed E-state index contributed by atoms with van der Waals surface area (Å²) in [5, 5.41) is 10.7. The van der Waals surface area contributed by atoms with Crippen LogP contribution in [0.3, 0.4) is 0 Å². The van der Waals surface area contributed by atoms with E-state index in [4.69, 9.17) is 0 Å². The van der Waals surface area contributed by atoms with E-state index >= 15 is 0 Å². The minimum absolute atomic E-state index is 0.0965. The molecule has 8 heteroatoms. The number of aromatic nitrogens is 3. The van der Waals surface area contributed by atoms with Crippen LogP contribution in [0, 0.1) is 18.7 Å². The largest absolute Gasteiger partial charge is 0.323 e. The van der Waals surface area contributed by atoms with Crippen molar-refractivity contribution in [3.05, 3.63) is 34.9 Å². The summed E-state index contributed by atoms with van der Waals surface area (Å²) in [6, 6.07) is 2.90. The number of piperidine rings is 1. The third-order valence-corrected chi connectivity index (χ3v) is 5.01. The molecule has 28 heavy (non-hydrogen) atoms. The molecule has 1 aliphatic heterocycles. The fourth-order valence-electron chi connectivity index (χ4n) is 3.67. The summed E-state index contributed by atoms with van der Waals surface area (Å²) in [7, 11) is 0. The Morgan fingerprint density at radius 1 is 1.21 bits per heavy atom. The van der Waals surface area contributed by atoms with Gasteiger partial charge in [0, 0.05) is 11.8 Å². The second-order valence-corrected chi connectivity index (χ2v) is 8.43. The fraction of sp³-hybridized carbons (Fsp3) is 0.600. The van der Waals surface area contributed by atoms with Gasteiger partial charge >= 0.3 is 0 Å². The van der Waals surface area contributed by atoms with Crippen LogP contribution in [0.5, 0.6) is 0 Å². The van der Waals surface area contributed by atoms with Crippen molar-refractivity contribution in [3.63, 3.8) is 0 Å². The van der Waals surface area contributed by atoms with E-state index in [1.807, 2.05) is 38.4 Å². The van der Waals surface area contributed by atoms with Gasteiger partial charge in [0.05, 0.1) is 16.8 Å². The number of alkyl halides is 2. The average Bonchev–Trinajstić information content (AvgIpc) is 2.99. The van der Waals surface area contributed by atoms with Gasteiger partial charge in [0.25, 0.3) is 6.43 Å². The summed E-state index contributed by atoms with van der Waals surface area (Å²) in [6.07, 6.45) is -0.766. The molecule has 0 saturated carbocycles. The zero-order chi connectivity index (χ0) is 20.5. The van der Waals surface area contributed by atoms with Crippen molar-refractivity contribution in [2.24, 2.45) is 5.92 Å². The first kappa shape index (κ1) is 20.6. The lowest BCUT2D eigenvalue weighted by molar-refractivity contribution is 0.145. The van der Waals surface area contributed by atoms with Gasteiger partial charge in [0.2, 0.25) is 0 Å². The highest BCUT2D eigenvalue weighted by Crippen LogP contribution is 2.30. The second-order valence-electron chi connectivity index (χ2n) is 8.43. The Morgan fingerprint density at radius 3 is 2.46 bits per heavy atom. The minimum atomic E-state index is -2.90. The summed E-state index contributed by atoms with van der Waals surface area (Å²) >= 11 is 0. The van der Waals surface area contributed by atoms with Crippen molar-refractivity contribution in [3.8, 4) is 0 Å². The van der Waals surface area contributed by atoms with Gasteiger partial charge in [-0.2, -0.15) is 5.10 Å². The van der Waals surface area contributed by atoms with Gasteiger partial charge in [0.1, 0.15) is 5.82 Å². The number of rotatable bonds is 5. The van der Waals surface area contributed by atoms with E-state index in [0.29, 0.717) is 12.2 Å². The summed E-state index contributed by atoms with van der Waals surface area (Å²) in [4.78, 5) is 4.32. The van der Waals surface area contributed by atoms with Gasteiger partial charge in [-0.3, -0.25) is 4.68 Å². The number of aryl methyl sites for hydroxylation is 1.